The zero-order chi connectivity index (χ0) is 15.5. The second-order valence-corrected chi connectivity index (χ2v) is 7.45. The molecule has 5 atom stereocenters. The van der Waals surface area contributed by atoms with E-state index in [2.05, 4.69) is 12.2 Å². The maximum Gasteiger partial charge on any atom is 0.159 e. The summed E-state index contributed by atoms with van der Waals surface area (Å²) in [5.41, 5.74) is 2.71. The van der Waals surface area contributed by atoms with Gasteiger partial charge in [-0.2, -0.15) is 0 Å². The second-order valence-electron chi connectivity index (χ2n) is 7.45. The number of fused-ring (bicyclic) bond motifs is 5. The van der Waals surface area contributed by atoms with E-state index in [0.717, 1.165) is 31.3 Å². The molecular formula is C19H24O3. The first-order valence-corrected chi connectivity index (χ1v) is 8.55. The van der Waals surface area contributed by atoms with Crippen LogP contribution in [0.4, 0.5) is 0 Å². The molecule has 4 aliphatic carbocycles. The van der Waals surface area contributed by atoms with Crippen molar-refractivity contribution in [1.82, 2.24) is 0 Å². The van der Waals surface area contributed by atoms with E-state index in [4.69, 9.17) is 0 Å². The maximum absolute atomic E-state index is 11.6. The second kappa shape index (κ2) is 4.90. The highest BCUT2D eigenvalue weighted by atomic mass is 16.3. The molecule has 0 spiro atoms. The van der Waals surface area contributed by atoms with Gasteiger partial charge in [-0.25, -0.2) is 0 Å². The Hall–Kier alpha value is -1.19. The third-order valence-electron chi connectivity index (χ3n) is 6.43. The molecule has 4 rings (SSSR count). The maximum atomic E-state index is 11.6. The van der Waals surface area contributed by atoms with Crippen LogP contribution in [0.25, 0.3) is 0 Å². The van der Waals surface area contributed by atoms with Crippen molar-refractivity contribution >= 4 is 5.78 Å². The summed E-state index contributed by atoms with van der Waals surface area (Å²) in [7, 11) is 0. The lowest BCUT2D eigenvalue weighted by atomic mass is 9.61. The Kier molecular flexibility index (Phi) is 3.21. The third-order valence-corrected chi connectivity index (χ3v) is 6.43. The van der Waals surface area contributed by atoms with Gasteiger partial charge >= 0.3 is 0 Å². The first-order valence-electron chi connectivity index (χ1n) is 8.55. The van der Waals surface area contributed by atoms with Gasteiger partial charge in [-0.05, 0) is 79.6 Å². The minimum Gasteiger partial charge on any atom is -0.390 e. The average Bonchev–Trinajstić information content (AvgIpc) is 2.85. The van der Waals surface area contributed by atoms with Crippen LogP contribution in [0.5, 0.6) is 0 Å². The van der Waals surface area contributed by atoms with Gasteiger partial charge in [0.1, 0.15) is 5.60 Å². The largest absolute Gasteiger partial charge is 0.390 e. The molecule has 2 saturated carbocycles. The fourth-order valence-corrected chi connectivity index (χ4v) is 5.29. The van der Waals surface area contributed by atoms with Crippen LogP contribution < -0.4 is 0 Å². The number of hydrogen-bond acceptors (Lipinski definition) is 3. The van der Waals surface area contributed by atoms with Crippen LogP contribution in [0, 0.1) is 17.8 Å². The molecule has 0 radical (unpaired) electrons. The van der Waals surface area contributed by atoms with Crippen molar-refractivity contribution in [3.05, 3.63) is 34.9 Å². The molecular weight excluding hydrogens is 276 g/mol. The van der Waals surface area contributed by atoms with E-state index in [1.165, 1.54) is 11.1 Å². The number of ketones is 1. The molecule has 0 aromatic rings. The van der Waals surface area contributed by atoms with Gasteiger partial charge in [-0.3, -0.25) is 4.79 Å². The Balaban J connectivity index is 1.68. The molecule has 2 N–H and O–H groups in total. The molecule has 0 aromatic heterocycles. The van der Waals surface area contributed by atoms with Gasteiger partial charge in [0.05, 0.1) is 6.10 Å². The van der Waals surface area contributed by atoms with Crippen molar-refractivity contribution in [2.24, 2.45) is 17.8 Å². The third kappa shape index (κ3) is 1.92. The molecule has 2 fully saturated rings. The fraction of sp³-hybridized carbons (Fsp3) is 0.632. The number of rotatable bonds is 1. The summed E-state index contributed by atoms with van der Waals surface area (Å²) >= 11 is 0. The Morgan fingerprint density at radius 3 is 2.86 bits per heavy atom. The van der Waals surface area contributed by atoms with E-state index in [9.17, 15) is 15.0 Å². The fourth-order valence-electron chi connectivity index (χ4n) is 5.29. The summed E-state index contributed by atoms with van der Waals surface area (Å²) in [5.74, 6) is 1.69. The van der Waals surface area contributed by atoms with E-state index in [1.54, 1.807) is 6.92 Å². The van der Waals surface area contributed by atoms with Crippen LogP contribution in [-0.2, 0) is 4.79 Å². The lowest BCUT2D eigenvalue weighted by molar-refractivity contribution is -0.114. The predicted molar refractivity (Wildman–Crippen MR) is 84.1 cm³/mol. The van der Waals surface area contributed by atoms with Gasteiger partial charge in [0, 0.05) is 6.42 Å². The predicted octanol–water partition coefficient (Wildman–Crippen LogP) is 2.69. The van der Waals surface area contributed by atoms with Crippen LogP contribution in [0.1, 0.15) is 45.4 Å². The summed E-state index contributed by atoms with van der Waals surface area (Å²) in [6, 6.07) is 0. The summed E-state index contributed by atoms with van der Waals surface area (Å²) in [4.78, 5) is 11.6. The Morgan fingerprint density at radius 1 is 1.27 bits per heavy atom. The Bertz CT molecular complexity index is 610. The van der Waals surface area contributed by atoms with Crippen molar-refractivity contribution in [3.8, 4) is 0 Å². The van der Waals surface area contributed by atoms with E-state index in [-0.39, 0.29) is 5.78 Å². The van der Waals surface area contributed by atoms with Gasteiger partial charge < -0.3 is 10.2 Å². The molecule has 0 bridgehead atoms. The van der Waals surface area contributed by atoms with Gasteiger partial charge in [0.25, 0.3) is 0 Å². The van der Waals surface area contributed by atoms with Crippen LogP contribution in [-0.4, -0.2) is 27.7 Å². The standard InChI is InChI=1S/C19H24O3/c1-11(20)19(22)9-8-17-16-4-2-12-10-13(21)3-5-14(12)15(16)6-7-18(17)19/h5,7,10-11,15-17,20,22H,2-4,6,8-9H2,1H3/t11-,15?,16?,17?,19+/m1/s1. The summed E-state index contributed by atoms with van der Waals surface area (Å²) in [6.07, 6.45) is 10.7. The van der Waals surface area contributed by atoms with Gasteiger partial charge in [0.15, 0.2) is 5.78 Å². The van der Waals surface area contributed by atoms with Crippen molar-refractivity contribution < 1.29 is 15.0 Å². The van der Waals surface area contributed by atoms with Gasteiger partial charge in [0.2, 0.25) is 0 Å². The first kappa shape index (κ1) is 14.4. The van der Waals surface area contributed by atoms with Crippen LogP contribution in [0.2, 0.25) is 0 Å². The minimum atomic E-state index is -1.01. The highest BCUT2D eigenvalue weighted by molar-refractivity contribution is 5.93. The summed E-state index contributed by atoms with van der Waals surface area (Å²) < 4.78 is 0. The summed E-state index contributed by atoms with van der Waals surface area (Å²) in [6.45, 7) is 1.70. The number of carbonyl (C=O) groups excluding carboxylic acids is 1. The van der Waals surface area contributed by atoms with E-state index < -0.39 is 11.7 Å². The molecule has 3 heteroatoms. The zero-order valence-corrected chi connectivity index (χ0v) is 13.1. The van der Waals surface area contributed by atoms with Crippen LogP contribution in [0.15, 0.2) is 34.9 Å². The van der Waals surface area contributed by atoms with Gasteiger partial charge in [-0.15, -0.1) is 0 Å². The average molecular weight is 300 g/mol. The molecule has 0 aliphatic heterocycles. The SMILES string of the molecule is C[C@@H](O)[C@@]1(O)CCC2C1=CCC1C3=CCC(=O)C=C3CCC12. The molecule has 0 aromatic carbocycles. The van der Waals surface area contributed by atoms with E-state index in [0.29, 0.717) is 30.6 Å². The number of carbonyl (C=O) groups is 1. The Labute approximate surface area is 131 Å². The summed E-state index contributed by atoms with van der Waals surface area (Å²) in [5, 5.41) is 20.8. The monoisotopic (exact) mass is 300 g/mol. The van der Waals surface area contributed by atoms with E-state index in [1.807, 2.05) is 6.08 Å². The van der Waals surface area contributed by atoms with Crippen molar-refractivity contribution in [2.45, 2.75) is 57.2 Å². The molecule has 118 valence electrons. The zero-order valence-electron chi connectivity index (χ0n) is 13.1. The highest BCUT2D eigenvalue weighted by Gasteiger charge is 2.52. The molecule has 0 saturated heterocycles. The molecule has 22 heavy (non-hydrogen) atoms. The topological polar surface area (TPSA) is 57.5 Å². The smallest absolute Gasteiger partial charge is 0.159 e. The van der Waals surface area contributed by atoms with Crippen molar-refractivity contribution in [1.29, 1.82) is 0 Å². The number of aliphatic hydroxyl groups is 2. The van der Waals surface area contributed by atoms with Gasteiger partial charge in [-0.1, -0.05) is 12.2 Å². The Morgan fingerprint density at radius 2 is 2.09 bits per heavy atom. The van der Waals surface area contributed by atoms with Crippen molar-refractivity contribution in [3.63, 3.8) is 0 Å². The lowest BCUT2D eigenvalue weighted by Gasteiger charge is -2.44. The molecule has 0 heterocycles. The van der Waals surface area contributed by atoms with Crippen LogP contribution in [0.3, 0.4) is 0 Å². The number of allylic oxidation sites excluding steroid dienone is 5. The molecule has 0 amide bonds. The van der Waals surface area contributed by atoms with Crippen molar-refractivity contribution in [2.75, 3.05) is 0 Å². The first-order chi connectivity index (χ1) is 10.5. The number of aliphatic hydroxyl groups excluding tert-OH is 1. The highest BCUT2D eigenvalue weighted by Crippen LogP contribution is 2.56. The normalized spacial score (nSPS) is 41.7. The molecule has 3 nitrogen and oxygen atoms in total. The molecule has 4 aliphatic rings. The van der Waals surface area contributed by atoms with E-state index >= 15 is 0 Å². The number of hydrogen-bond donors (Lipinski definition) is 2. The minimum absolute atomic E-state index is 0.230. The molecule has 3 unspecified atom stereocenters. The lowest BCUT2D eigenvalue weighted by Crippen LogP contribution is -2.43. The van der Waals surface area contributed by atoms with Crippen LogP contribution >= 0.6 is 0 Å². The quantitative estimate of drug-likeness (QED) is 0.732.